The van der Waals surface area contributed by atoms with E-state index in [1.807, 2.05) is 24.3 Å². The number of pyridine rings is 1. The Balaban J connectivity index is 2.02. The quantitative estimate of drug-likeness (QED) is 0.653. The molecule has 23 heavy (non-hydrogen) atoms. The van der Waals surface area contributed by atoms with Crippen molar-refractivity contribution in [2.24, 2.45) is 0 Å². The lowest BCUT2D eigenvalue weighted by molar-refractivity contribution is -0.118. The van der Waals surface area contributed by atoms with Crippen molar-refractivity contribution in [2.45, 2.75) is 13.8 Å². The molecule has 7 heteroatoms. The summed E-state index contributed by atoms with van der Waals surface area (Å²) in [6, 6.07) is 9.23. The highest BCUT2D eigenvalue weighted by atomic mass is 31.2. The van der Waals surface area contributed by atoms with E-state index in [1.165, 1.54) is 0 Å². The zero-order valence-corrected chi connectivity index (χ0v) is 14.1. The normalized spacial score (nSPS) is 11.6. The minimum Gasteiger partial charge on any atom is -0.484 e. The Morgan fingerprint density at radius 2 is 1.83 bits per heavy atom. The number of hydrogen-bond donors (Lipinski definition) is 0. The maximum atomic E-state index is 12.3. The summed E-state index contributed by atoms with van der Waals surface area (Å²) in [5.41, 5.74) is 0.681. The fourth-order valence-corrected chi connectivity index (χ4v) is 3.70. The number of para-hydroxylation sites is 1. The molecule has 1 heterocycles. The molecule has 124 valence electrons. The summed E-state index contributed by atoms with van der Waals surface area (Å²) in [5, 5.41) is 0.923. The summed E-state index contributed by atoms with van der Waals surface area (Å²) < 4.78 is 28.1. The molecule has 0 aliphatic heterocycles. The van der Waals surface area contributed by atoms with Crippen LogP contribution in [0.2, 0.25) is 0 Å². The molecule has 6 nitrogen and oxygen atoms in total. The second-order valence-corrected chi connectivity index (χ2v) is 6.82. The molecular weight excluding hydrogens is 317 g/mol. The number of benzene rings is 1. The molecule has 2 rings (SSSR count). The highest BCUT2D eigenvalue weighted by Crippen LogP contribution is 2.47. The maximum absolute atomic E-state index is 12.3. The number of carbonyl (C=O) groups is 1. The monoisotopic (exact) mass is 337 g/mol. The number of carbonyl (C=O) groups excluding carboxylic acids is 1. The number of fused-ring (bicyclic) bond motifs is 1. The zero-order valence-electron chi connectivity index (χ0n) is 13.2. The van der Waals surface area contributed by atoms with E-state index >= 15 is 0 Å². The van der Waals surface area contributed by atoms with Crippen LogP contribution in [0.3, 0.4) is 0 Å². The second-order valence-electron chi connectivity index (χ2n) is 4.76. The zero-order chi connectivity index (χ0) is 16.7. The number of aromatic nitrogens is 1. The van der Waals surface area contributed by atoms with Crippen LogP contribution in [-0.4, -0.2) is 36.7 Å². The van der Waals surface area contributed by atoms with Crippen molar-refractivity contribution in [1.29, 1.82) is 0 Å². The molecule has 0 amide bonds. The fraction of sp³-hybridized carbons (Fsp3) is 0.375. The van der Waals surface area contributed by atoms with Gasteiger partial charge in [-0.3, -0.25) is 14.3 Å². The van der Waals surface area contributed by atoms with E-state index in [4.69, 9.17) is 13.8 Å². The van der Waals surface area contributed by atoms with Gasteiger partial charge in [0.2, 0.25) is 0 Å². The lowest BCUT2D eigenvalue weighted by Gasteiger charge is -2.16. The van der Waals surface area contributed by atoms with Crippen LogP contribution in [-0.2, 0) is 18.4 Å². The van der Waals surface area contributed by atoms with Crippen molar-refractivity contribution in [3.8, 4) is 5.75 Å². The first-order valence-electron chi connectivity index (χ1n) is 7.44. The highest BCUT2D eigenvalue weighted by molar-refractivity contribution is 7.54. The van der Waals surface area contributed by atoms with Gasteiger partial charge in [0.1, 0.15) is 24.0 Å². The van der Waals surface area contributed by atoms with Gasteiger partial charge in [0.05, 0.1) is 13.2 Å². The Hall–Kier alpha value is -1.75. The summed E-state index contributed by atoms with van der Waals surface area (Å²) in [4.78, 5) is 16.3. The molecule has 0 saturated carbocycles. The average molecular weight is 337 g/mol. The third-order valence-electron chi connectivity index (χ3n) is 3.01. The first kappa shape index (κ1) is 17.6. The summed E-state index contributed by atoms with van der Waals surface area (Å²) in [7, 11) is -3.39. The lowest BCUT2D eigenvalue weighted by Crippen LogP contribution is -2.17. The maximum Gasteiger partial charge on any atom is 0.338 e. The standard InChI is InChI=1S/C16H20NO5P/c1-3-21-23(19,22-4-2)12-14(18)11-20-15-9-5-7-13-8-6-10-17-16(13)15/h5-10H,3-4,11-12H2,1-2H3. The third kappa shape index (κ3) is 4.86. The van der Waals surface area contributed by atoms with Crippen LogP contribution in [0.25, 0.3) is 10.9 Å². The Bertz CT molecular complexity index is 703. The molecule has 0 N–H and O–H groups in total. The molecule has 0 radical (unpaired) electrons. The molecular formula is C16H20NO5P. The van der Waals surface area contributed by atoms with Crippen LogP contribution in [0.15, 0.2) is 36.5 Å². The summed E-state index contributed by atoms with van der Waals surface area (Å²) >= 11 is 0. The Morgan fingerprint density at radius 1 is 1.13 bits per heavy atom. The van der Waals surface area contributed by atoms with Crippen LogP contribution < -0.4 is 4.74 Å². The Kier molecular flexibility index (Phi) is 6.28. The highest BCUT2D eigenvalue weighted by Gasteiger charge is 2.27. The van der Waals surface area contributed by atoms with Gasteiger partial charge in [-0.2, -0.15) is 0 Å². The van der Waals surface area contributed by atoms with Crippen LogP contribution >= 0.6 is 7.60 Å². The van der Waals surface area contributed by atoms with Gasteiger partial charge in [-0.1, -0.05) is 18.2 Å². The van der Waals surface area contributed by atoms with Crippen molar-refractivity contribution < 1.29 is 23.1 Å². The summed E-state index contributed by atoms with van der Waals surface area (Å²) in [6.07, 6.45) is 1.36. The smallest absolute Gasteiger partial charge is 0.338 e. The molecule has 0 unspecified atom stereocenters. The number of nitrogens with zero attached hydrogens (tertiary/aromatic N) is 1. The molecule has 0 atom stereocenters. The average Bonchev–Trinajstić information content (AvgIpc) is 2.53. The fourth-order valence-electron chi connectivity index (χ4n) is 2.13. The molecule has 0 saturated heterocycles. The van der Waals surface area contributed by atoms with E-state index in [9.17, 15) is 9.36 Å². The summed E-state index contributed by atoms with van der Waals surface area (Å²) in [5.74, 6) is 0.169. The van der Waals surface area contributed by atoms with Crippen molar-refractivity contribution in [3.05, 3.63) is 36.5 Å². The van der Waals surface area contributed by atoms with Crippen LogP contribution in [0, 0.1) is 0 Å². The van der Waals surface area contributed by atoms with Crippen molar-refractivity contribution in [1.82, 2.24) is 4.98 Å². The largest absolute Gasteiger partial charge is 0.484 e. The van der Waals surface area contributed by atoms with Crippen molar-refractivity contribution >= 4 is 24.3 Å². The number of hydrogen-bond acceptors (Lipinski definition) is 6. The van der Waals surface area contributed by atoms with Gasteiger partial charge in [0, 0.05) is 11.6 Å². The Labute approximate surface area is 135 Å². The molecule has 0 aliphatic rings. The van der Waals surface area contributed by atoms with Gasteiger partial charge < -0.3 is 13.8 Å². The SMILES string of the molecule is CCOP(=O)(CC(=O)COc1cccc2cccnc12)OCC. The molecule has 0 aliphatic carbocycles. The van der Waals surface area contributed by atoms with E-state index < -0.39 is 7.60 Å². The molecule has 0 spiro atoms. The second kappa shape index (κ2) is 8.20. The number of Topliss-reactive ketones (excluding diaryl/α,β-unsaturated/α-hetero) is 1. The lowest BCUT2D eigenvalue weighted by atomic mass is 10.2. The van der Waals surface area contributed by atoms with Crippen LogP contribution in [0.5, 0.6) is 5.75 Å². The predicted octanol–water partition coefficient (Wildman–Crippen LogP) is 3.45. The molecule has 1 aromatic heterocycles. The van der Waals surface area contributed by atoms with E-state index in [-0.39, 0.29) is 31.8 Å². The molecule has 0 fully saturated rings. The molecule has 2 aromatic rings. The van der Waals surface area contributed by atoms with Gasteiger partial charge in [0.25, 0.3) is 0 Å². The van der Waals surface area contributed by atoms with E-state index in [0.29, 0.717) is 11.3 Å². The molecule has 0 bridgehead atoms. The number of ether oxygens (including phenoxy) is 1. The van der Waals surface area contributed by atoms with E-state index in [0.717, 1.165) is 5.39 Å². The first-order chi connectivity index (χ1) is 11.1. The minimum absolute atomic E-state index is 0.209. The number of rotatable bonds is 9. The van der Waals surface area contributed by atoms with Gasteiger partial charge in [-0.25, -0.2) is 0 Å². The number of ketones is 1. The first-order valence-corrected chi connectivity index (χ1v) is 9.17. The summed E-state index contributed by atoms with van der Waals surface area (Å²) in [6.45, 7) is 3.64. The third-order valence-corrected chi connectivity index (χ3v) is 5.05. The van der Waals surface area contributed by atoms with Gasteiger partial charge in [-0.05, 0) is 26.0 Å². The Morgan fingerprint density at radius 3 is 2.52 bits per heavy atom. The van der Waals surface area contributed by atoms with Crippen LogP contribution in [0.4, 0.5) is 0 Å². The van der Waals surface area contributed by atoms with Crippen molar-refractivity contribution in [3.63, 3.8) is 0 Å². The van der Waals surface area contributed by atoms with Crippen molar-refractivity contribution in [2.75, 3.05) is 26.0 Å². The topological polar surface area (TPSA) is 74.7 Å². The van der Waals surface area contributed by atoms with Crippen LogP contribution in [0.1, 0.15) is 13.8 Å². The van der Waals surface area contributed by atoms with Gasteiger partial charge in [-0.15, -0.1) is 0 Å². The molecule has 1 aromatic carbocycles. The van der Waals surface area contributed by atoms with E-state index in [1.54, 1.807) is 26.1 Å². The minimum atomic E-state index is -3.39. The predicted molar refractivity (Wildman–Crippen MR) is 88.0 cm³/mol. The van der Waals surface area contributed by atoms with Gasteiger partial charge in [0.15, 0.2) is 5.78 Å². The van der Waals surface area contributed by atoms with E-state index in [2.05, 4.69) is 4.98 Å². The van der Waals surface area contributed by atoms with Gasteiger partial charge >= 0.3 is 7.60 Å².